The largest absolute Gasteiger partial charge is 0.496 e. The van der Waals surface area contributed by atoms with Crippen molar-refractivity contribution >= 4 is 41.1 Å². The molecule has 3 rings (SSSR count). The quantitative estimate of drug-likeness (QED) is 0.0924. The second-order valence-electron chi connectivity index (χ2n) is 12.0. The summed E-state index contributed by atoms with van der Waals surface area (Å²) < 4.78 is 32.0. The number of nitrogens with zero attached hydrogens (tertiary/aromatic N) is 2. The van der Waals surface area contributed by atoms with Crippen molar-refractivity contribution in [1.29, 1.82) is 0 Å². The Bertz CT molecular complexity index is 1610. The van der Waals surface area contributed by atoms with Gasteiger partial charge in [0.05, 0.1) is 47.2 Å². The van der Waals surface area contributed by atoms with E-state index in [-0.39, 0.29) is 59.7 Å². The van der Waals surface area contributed by atoms with Crippen LogP contribution in [0.4, 0.5) is 11.4 Å². The van der Waals surface area contributed by atoms with Crippen LogP contribution in [-0.2, 0) is 24.0 Å². The fraction of sp³-hybridized carbons (Fsp3) is 0.472. The zero-order valence-corrected chi connectivity index (χ0v) is 30.8. The van der Waals surface area contributed by atoms with Gasteiger partial charge in [0.15, 0.2) is 0 Å². The summed E-state index contributed by atoms with van der Waals surface area (Å²) >= 11 is 0. The van der Waals surface area contributed by atoms with Crippen molar-refractivity contribution in [1.82, 2.24) is 9.80 Å². The summed E-state index contributed by atoms with van der Waals surface area (Å²) in [7, 11) is 7.21. The maximum Gasteiger partial charge on any atom is 0.333 e. The number of rotatable bonds is 19. The van der Waals surface area contributed by atoms with E-state index in [9.17, 15) is 34.2 Å². The predicted octanol–water partition coefficient (Wildman–Crippen LogP) is 3.26. The number of esters is 1. The maximum atomic E-state index is 13.1. The number of ether oxygens (including phenoxy) is 6. The molecule has 17 nitrogen and oxygen atoms in total. The number of hydrogen-bond donors (Lipinski definition) is 4. The lowest BCUT2D eigenvalue weighted by Gasteiger charge is -2.32. The van der Waals surface area contributed by atoms with Crippen LogP contribution in [0.15, 0.2) is 35.9 Å². The summed E-state index contributed by atoms with van der Waals surface area (Å²) in [5, 5.41) is 25.2. The Morgan fingerprint density at radius 1 is 0.736 bits per heavy atom. The zero-order valence-electron chi connectivity index (χ0n) is 30.8. The topological polar surface area (TPSA) is 212 Å². The highest BCUT2D eigenvalue weighted by atomic mass is 16.5. The molecule has 2 aromatic carbocycles. The van der Waals surface area contributed by atoms with Gasteiger partial charge < -0.3 is 54.2 Å². The lowest BCUT2D eigenvalue weighted by Crippen LogP contribution is -2.45. The molecule has 1 unspecified atom stereocenters. The zero-order chi connectivity index (χ0) is 39.1. The van der Waals surface area contributed by atoms with Crippen LogP contribution in [-0.4, -0.2) is 124 Å². The molecular formula is C36H48N4O13. The Hall–Kier alpha value is -5.55. The molecule has 1 atom stereocenters. The Morgan fingerprint density at radius 3 is 1.66 bits per heavy atom. The highest BCUT2D eigenvalue weighted by Crippen LogP contribution is 2.40. The third-order valence-corrected chi connectivity index (χ3v) is 8.39. The standard InChI is InChI=1S/C36H48N4O13/c1-22(41)53-24-18-29(51-5)35(30(19-24)52-6)38-32(43)11-8-14-40-15-9-13-39(21-26(40)25(36(46)47)20-33(44)45)12-7-10-31(42)37-34-27(49-3)16-23(48-2)17-28(34)50-4/h16-20,26H,7-15,21H2,1-6H3,(H,37,42)(H,38,43)(H,44,45)(H,46,47)/b25-20+. The first-order valence-corrected chi connectivity index (χ1v) is 16.8. The van der Waals surface area contributed by atoms with Crippen LogP contribution < -0.4 is 39.1 Å². The number of carbonyl (C=O) groups excluding carboxylic acids is 3. The summed E-state index contributed by atoms with van der Waals surface area (Å²) in [6, 6.07) is 5.33. The van der Waals surface area contributed by atoms with E-state index in [1.165, 1.54) is 54.6 Å². The second kappa shape index (κ2) is 20.5. The van der Waals surface area contributed by atoms with Crippen LogP contribution in [0.5, 0.6) is 34.5 Å². The normalized spacial score (nSPS) is 15.1. The Labute approximate surface area is 307 Å². The number of carbonyl (C=O) groups is 5. The first-order chi connectivity index (χ1) is 25.3. The first-order valence-electron chi connectivity index (χ1n) is 16.8. The monoisotopic (exact) mass is 744 g/mol. The Morgan fingerprint density at radius 2 is 1.23 bits per heavy atom. The molecule has 2 aromatic rings. The van der Waals surface area contributed by atoms with Crippen LogP contribution in [0.25, 0.3) is 0 Å². The molecule has 1 saturated heterocycles. The number of nitrogens with one attached hydrogen (secondary N) is 2. The molecule has 0 radical (unpaired) electrons. The molecule has 1 aliphatic rings. The van der Waals surface area contributed by atoms with Crippen molar-refractivity contribution in [2.45, 2.75) is 45.1 Å². The summed E-state index contributed by atoms with van der Waals surface area (Å²) in [5.41, 5.74) is 0.320. The van der Waals surface area contributed by atoms with Gasteiger partial charge in [-0.3, -0.25) is 19.3 Å². The minimum Gasteiger partial charge on any atom is -0.496 e. The van der Waals surface area contributed by atoms with E-state index < -0.39 is 23.9 Å². The third-order valence-electron chi connectivity index (χ3n) is 8.39. The molecule has 53 heavy (non-hydrogen) atoms. The Kier molecular flexibility index (Phi) is 16.2. The molecule has 1 aliphatic heterocycles. The molecule has 4 N–H and O–H groups in total. The van der Waals surface area contributed by atoms with Gasteiger partial charge in [-0.25, -0.2) is 9.59 Å². The van der Waals surface area contributed by atoms with Crippen molar-refractivity contribution in [2.75, 3.05) is 78.9 Å². The van der Waals surface area contributed by atoms with Gasteiger partial charge in [-0.05, 0) is 38.9 Å². The van der Waals surface area contributed by atoms with Crippen LogP contribution in [0.3, 0.4) is 0 Å². The highest BCUT2D eigenvalue weighted by molar-refractivity contribution is 5.96. The molecule has 0 spiro atoms. The summed E-state index contributed by atoms with van der Waals surface area (Å²) in [6.07, 6.45) is 2.26. The molecule has 0 aliphatic carbocycles. The van der Waals surface area contributed by atoms with Gasteiger partial charge in [-0.2, -0.15) is 0 Å². The average Bonchev–Trinajstić information content (AvgIpc) is 3.32. The molecule has 290 valence electrons. The first kappa shape index (κ1) is 41.9. The van der Waals surface area contributed by atoms with Crippen LogP contribution >= 0.6 is 0 Å². The van der Waals surface area contributed by atoms with E-state index in [1.807, 2.05) is 9.80 Å². The summed E-state index contributed by atoms with van der Waals surface area (Å²) in [4.78, 5) is 65.3. The molecule has 1 fully saturated rings. The van der Waals surface area contributed by atoms with E-state index in [0.717, 1.165) is 0 Å². The molecular weight excluding hydrogens is 696 g/mol. The van der Waals surface area contributed by atoms with Gasteiger partial charge in [0.1, 0.15) is 45.9 Å². The van der Waals surface area contributed by atoms with Crippen molar-refractivity contribution in [3.63, 3.8) is 0 Å². The van der Waals surface area contributed by atoms with Crippen molar-refractivity contribution < 1.29 is 62.6 Å². The van der Waals surface area contributed by atoms with Gasteiger partial charge in [0.2, 0.25) is 11.8 Å². The number of carboxylic acids is 2. The molecule has 0 saturated carbocycles. The highest BCUT2D eigenvalue weighted by Gasteiger charge is 2.32. The minimum absolute atomic E-state index is 0.0366. The molecule has 2 amide bonds. The van der Waals surface area contributed by atoms with Crippen molar-refractivity contribution in [3.05, 3.63) is 35.9 Å². The van der Waals surface area contributed by atoms with Crippen LogP contribution in [0, 0.1) is 0 Å². The van der Waals surface area contributed by atoms with E-state index in [2.05, 4.69) is 10.6 Å². The molecule has 17 heteroatoms. The fourth-order valence-electron chi connectivity index (χ4n) is 5.98. The third kappa shape index (κ3) is 12.3. The van der Waals surface area contributed by atoms with E-state index >= 15 is 0 Å². The van der Waals surface area contributed by atoms with Gasteiger partial charge in [0, 0.05) is 63.2 Å². The second-order valence-corrected chi connectivity index (χ2v) is 12.0. The van der Waals surface area contributed by atoms with Gasteiger partial charge >= 0.3 is 17.9 Å². The van der Waals surface area contributed by atoms with E-state index in [0.29, 0.717) is 74.5 Å². The maximum absolute atomic E-state index is 13.1. The SMILES string of the molecule is COc1cc(OC)c(NC(=O)CCCN2CCCN(CCCC(=O)Nc3c(OC)cc(OC(C)=O)cc3OC)C(/C(=C\C(=O)O)C(=O)O)C2)c(OC)c1. The van der Waals surface area contributed by atoms with Gasteiger partial charge in [-0.1, -0.05) is 0 Å². The summed E-state index contributed by atoms with van der Waals surface area (Å²) in [6.45, 7) is 3.21. The van der Waals surface area contributed by atoms with Gasteiger partial charge in [0.25, 0.3) is 0 Å². The van der Waals surface area contributed by atoms with Crippen molar-refractivity contribution in [3.8, 4) is 34.5 Å². The van der Waals surface area contributed by atoms with Crippen molar-refractivity contribution in [2.24, 2.45) is 0 Å². The number of aliphatic carboxylic acids is 2. The number of methoxy groups -OCH3 is 5. The predicted molar refractivity (Wildman–Crippen MR) is 192 cm³/mol. The lowest BCUT2D eigenvalue weighted by atomic mass is 10.0. The number of anilines is 2. The number of carboxylic acid groups (broad SMARTS) is 2. The average molecular weight is 745 g/mol. The van der Waals surface area contributed by atoms with Crippen LogP contribution in [0.2, 0.25) is 0 Å². The Balaban J connectivity index is 1.68. The van der Waals surface area contributed by atoms with Crippen LogP contribution in [0.1, 0.15) is 39.0 Å². The minimum atomic E-state index is -1.39. The van der Waals surface area contributed by atoms with E-state index in [1.54, 1.807) is 12.1 Å². The van der Waals surface area contributed by atoms with Gasteiger partial charge in [-0.15, -0.1) is 0 Å². The lowest BCUT2D eigenvalue weighted by molar-refractivity contribution is -0.135. The summed E-state index contributed by atoms with van der Waals surface area (Å²) in [5.74, 6) is -2.13. The fourth-order valence-corrected chi connectivity index (χ4v) is 5.98. The molecule has 0 aromatic heterocycles. The number of amides is 2. The van der Waals surface area contributed by atoms with E-state index in [4.69, 9.17) is 28.4 Å². The number of hydrogen-bond acceptors (Lipinski definition) is 13. The number of benzene rings is 2. The smallest absolute Gasteiger partial charge is 0.333 e. The molecule has 1 heterocycles. The molecule has 0 bridgehead atoms.